The topological polar surface area (TPSA) is 42.7 Å². The maximum Gasteiger partial charge on any atom is 0.225 e. The average Bonchev–Trinajstić information content (AvgIpc) is 2.50. The van der Waals surface area contributed by atoms with Crippen molar-refractivity contribution in [2.75, 3.05) is 11.9 Å². The van der Waals surface area contributed by atoms with Crippen LogP contribution in [0.5, 0.6) is 0 Å². The van der Waals surface area contributed by atoms with Crippen LogP contribution in [0.1, 0.15) is 0 Å². The van der Waals surface area contributed by atoms with Gasteiger partial charge in [0.25, 0.3) is 0 Å². The first-order valence-corrected chi connectivity index (χ1v) is 4.48. The Balaban J connectivity index is 2.47. The third-order valence-electron chi connectivity index (χ3n) is 2.23. The zero-order valence-electron chi connectivity index (χ0n) is 6.79. The monoisotopic (exact) mass is 194 g/mol. The number of nitrogens with one attached hydrogen (secondary N) is 1. The molecule has 5 heteroatoms. The van der Waals surface area contributed by atoms with Gasteiger partial charge in [-0.3, -0.25) is 0 Å². The van der Waals surface area contributed by atoms with Gasteiger partial charge in [0.05, 0.1) is 5.52 Å². The number of aromatic nitrogens is 3. The van der Waals surface area contributed by atoms with Crippen molar-refractivity contribution >= 4 is 28.5 Å². The van der Waals surface area contributed by atoms with Crippen LogP contribution < -0.4 is 5.32 Å². The SMILES string of the molecule is Clc1nc2c3c(ccn3CCN2)n1. The molecule has 0 aliphatic carbocycles. The molecule has 4 nitrogen and oxygen atoms in total. The molecule has 13 heavy (non-hydrogen) atoms. The maximum atomic E-state index is 5.76. The fourth-order valence-electron chi connectivity index (χ4n) is 1.68. The summed E-state index contributed by atoms with van der Waals surface area (Å²) in [6, 6.07) is 1.96. The van der Waals surface area contributed by atoms with Gasteiger partial charge in [-0.2, -0.15) is 4.98 Å². The van der Waals surface area contributed by atoms with Gasteiger partial charge < -0.3 is 9.88 Å². The normalized spacial score (nSPS) is 14.5. The highest BCUT2D eigenvalue weighted by molar-refractivity contribution is 6.28. The van der Waals surface area contributed by atoms with Crippen molar-refractivity contribution in [2.24, 2.45) is 0 Å². The molecule has 0 saturated carbocycles. The molecule has 2 aromatic rings. The van der Waals surface area contributed by atoms with Crippen LogP contribution >= 0.6 is 11.6 Å². The lowest BCUT2D eigenvalue weighted by molar-refractivity contribution is 0.735. The highest BCUT2D eigenvalue weighted by atomic mass is 35.5. The lowest BCUT2D eigenvalue weighted by Crippen LogP contribution is -2.17. The van der Waals surface area contributed by atoms with Gasteiger partial charge >= 0.3 is 0 Å². The smallest absolute Gasteiger partial charge is 0.225 e. The van der Waals surface area contributed by atoms with Gasteiger partial charge in [0.15, 0.2) is 5.82 Å². The van der Waals surface area contributed by atoms with E-state index in [0.717, 1.165) is 29.9 Å². The average molecular weight is 195 g/mol. The molecule has 0 amide bonds. The minimum Gasteiger partial charge on any atom is -0.366 e. The van der Waals surface area contributed by atoms with Crippen molar-refractivity contribution in [3.05, 3.63) is 17.5 Å². The van der Waals surface area contributed by atoms with E-state index in [4.69, 9.17) is 11.6 Å². The highest BCUT2D eigenvalue weighted by Gasteiger charge is 2.14. The predicted molar refractivity (Wildman–Crippen MR) is 51.0 cm³/mol. The molecule has 3 rings (SSSR count). The molecule has 0 aromatic carbocycles. The summed E-state index contributed by atoms with van der Waals surface area (Å²) in [5.41, 5.74) is 1.96. The summed E-state index contributed by atoms with van der Waals surface area (Å²) in [5, 5.41) is 3.50. The van der Waals surface area contributed by atoms with Crippen molar-refractivity contribution in [1.29, 1.82) is 0 Å². The van der Waals surface area contributed by atoms with Crippen molar-refractivity contribution < 1.29 is 0 Å². The maximum absolute atomic E-state index is 5.76. The number of anilines is 1. The van der Waals surface area contributed by atoms with E-state index < -0.39 is 0 Å². The second-order valence-corrected chi connectivity index (χ2v) is 3.35. The summed E-state index contributed by atoms with van der Waals surface area (Å²) in [4.78, 5) is 8.26. The molecule has 1 aliphatic rings. The highest BCUT2D eigenvalue weighted by Crippen LogP contribution is 2.25. The van der Waals surface area contributed by atoms with Crippen molar-refractivity contribution in [3.63, 3.8) is 0 Å². The van der Waals surface area contributed by atoms with Crippen LogP contribution in [-0.2, 0) is 6.54 Å². The second kappa shape index (κ2) is 2.35. The van der Waals surface area contributed by atoms with E-state index >= 15 is 0 Å². The lowest BCUT2D eigenvalue weighted by atomic mass is 10.4. The van der Waals surface area contributed by atoms with Crippen LogP contribution in [-0.4, -0.2) is 21.1 Å². The molecule has 0 radical (unpaired) electrons. The van der Waals surface area contributed by atoms with E-state index in [-0.39, 0.29) is 0 Å². The molecule has 1 aliphatic heterocycles. The lowest BCUT2D eigenvalue weighted by Gasteiger charge is -2.15. The Labute approximate surface area is 79.5 Å². The van der Waals surface area contributed by atoms with Crippen LogP contribution in [0.4, 0.5) is 5.82 Å². The van der Waals surface area contributed by atoms with E-state index in [0.29, 0.717) is 5.28 Å². The van der Waals surface area contributed by atoms with Crippen LogP contribution in [0.15, 0.2) is 12.3 Å². The Morgan fingerprint density at radius 1 is 1.46 bits per heavy atom. The number of nitrogens with zero attached hydrogens (tertiary/aromatic N) is 3. The molecule has 0 fully saturated rings. The Hall–Kier alpha value is -1.29. The molecule has 1 N–H and O–H groups in total. The quantitative estimate of drug-likeness (QED) is 0.647. The van der Waals surface area contributed by atoms with Crippen LogP contribution in [0.25, 0.3) is 11.0 Å². The number of hydrogen-bond donors (Lipinski definition) is 1. The van der Waals surface area contributed by atoms with E-state index in [1.165, 1.54) is 0 Å². The largest absolute Gasteiger partial charge is 0.366 e. The molecule has 66 valence electrons. The summed E-state index contributed by atoms with van der Waals surface area (Å²) >= 11 is 5.76. The summed E-state index contributed by atoms with van der Waals surface area (Å²) in [7, 11) is 0. The second-order valence-electron chi connectivity index (χ2n) is 3.01. The van der Waals surface area contributed by atoms with Gasteiger partial charge in [-0.15, -0.1) is 0 Å². The Morgan fingerprint density at radius 2 is 2.38 bits per heavy atom. The van der Waals surface area contributed by atoms with Crippen molar-refractivity contribution in [1.82, 2.24) is 14.5 Å². The third kappa shape index (κ3) is 0.920. The van der Waals surface area contributed by atoms with Gasteiger partial charge in [-0.05, 0) is 17.7 Å². The first-order valence-electron chi connectivity index (χ1n) is 4.11. The van der Waals surface area contributed by atoms with Gasteiger partial charge in [0.2, 0.25) is 5.28 Å². The first-order chi connectivity index (χ1) is 6.34. The van der Waals surface area contributed by atoms with Gasteiger partial charge in [-0.1, -0.05) is 0 Å². The van der Waals surface area contributed by atoms with E-state index in [2.05, 4.69) is 19.9 Å². The van der Waals surface area contributed by atoms with Crippen LogP contribution in [0.3, 0.4) is 0 Å². The minimum absolute atomic E-state index is 0.301. The minimum atomic E-state index is 0.301. The van der Waals surface area contributed by atoms with Crippen LogP contribution in [0.2, 0.25) is 5.28 Å². The Kier molecular flexibility index (Phi) is 1.29. The first kappa shape index (κ1) is 7.15. The molecule has 0 unspecified atom stereocenters. The number of rotatable bonds is 0. The molecule has 0 spiro atoms. The van der Waals surface area contributed by atoms with Crippen molar-refractivity contribution in [2.45, 2.75) is 6.54 Å². The van der Waals surface area contributed by atoms with Crippen molar-refractivity contribution in [3.8, 4) is 0 Å². The molecule has 0 saturated heterocycles. The summed E-state index contributed by atoms with van der Waals surface area (Å²) in [5.74, 6) is 0.839. The molecular weight excluding hydrogens is 188 g/mol. The molecule has 3 heterocycles. The Bertz CT molecular complexity index is 476. The number of halogens is 1. The third-order valence-corrected chi connectivity index (χ3v) is 2.40. The van der Waals surface area contributed by atoms with E-state index in [9.17, 15) is 0 Å². The fraction of sp³-hybridized carbons (Fsp3) is 0.250. The fourth-order valence-corrected chi connectivity index (χ4v) is 1.86. The molecule has 0 atom stereocenters. The standard InChI is InChI=1S/C8H7ClN4/c9-8-11-5-1-3-13-4-2-10-7(12-8)6(5)13/h1,3H,2,4H2,(H,10,11,12). The molecule has 0 bridgehead atoms. The van der Waals surface area contributed by atoms with Gasteiger partial charge in [0.1, 0.15) is 5.52 Å². The van der Waals surface area contributed by atoms with Gasteiger partial charge in [0, 0.05) is 19.3 Å². The van der Waals surface area contributed by atoms with Crippen LogP contribution in [0, 0.1) is 0 Å². The predicted octanol–water partition coefficient (Wildman–Crippen LogP) is 1.51. The Morgan fingerprint density at radius 3 is 3.31 bits per heavy atom. The molecular formula is C8H7ClN4. The zero-order chi connectivity index (χ0) is 8.84. The summed E-state index contributed by atoms with van der Waals surface area (Å²) < 4.78 is 2.14. The summed E-state index contributed by atoms with van der Waals surface area (Å²) in [6.45, 7) is 1.85. The summed E-state index contributed by atoms with van der Waals surface area (Å²) in [6.07, 6.45) is 2.01. The zero-order valence-corrected chi connectivity index (χ0v) is 7.54. The van der Waals surface area contributed by atoms with E-state index in [1.807, 2.05) is 12.3 Å². The van der Waals surface area contributed by atoms with Gasteiger partial charge in [-0.25, -0.2) is 4.98 Å². The van der Waals surface area contributed by atoms with E-state index in [1.54, 1.807) is 0 Å². The molecule has 2 aromatic heterocycles. The number of hydrogen-bond acceptors (Lipinski definition) is 3.